The first-order valence-electron chi connectivity index (χ1n) is 7.98. The number of hydrogen-bond acceptors (Lipinski definition) is 3. The second-order valence-corrected chi connectivity index (χ2v) is 7.36. The molecule has 2 rings (SSSR count). The Hall–Kier alpha value is -0.0100. The summed E-state index contributed by atoms with van der Waals surface area (Å²) >= 11 is 3.73. The van der Waals surface area contributed by atoms with E-state index in [2.05, 4.69) is 54.0 Å². The molecule has 0 unspecified atom stereocenters. The summed E-state index contributed by atoms with van der Waals surface area (Å²) in [5.74, 6) is 0. The number of halogens is 1. The number of unbranched alkanes of at least 4 members (excludes halogenated alkanes) is 2. The lowest BCUT2D eigenvalue weighted by Crippen LogP contribution is -3.00. The van der Waals surface area contributed by atoms with Gasteiger partial charge >= 0.3 is 0 Å². The number of rotatable bonds is 7. The van der Waals surface area contributed by atoms with Crippen LogP contribution in [0.1, 0.15) is 57.2 Å². The van der Waals surface area contributed by atoms with Crippen molar-refractivity contribution in [2.75, 3.05) is 6.54 Å². The van der Waals surface area contributed by atoms with Gasteiger partial charge < -0.3 is 28.9 Å². The minimum Gasteiger partial charge on any atom is -1.00 e. The lowest BCUT2D eigenvalue weighted by Gasteiger charge is -2.20. The van der Waals surface area contributed by atoms with Gasteiger partial charge in [0.1, 0.15) is 6.54 Å². The van der Waals surface area contributed by atoms with Crippen LogP contribution in [0.4, 0.5) is 0 Å². The van der Waals surface area contributed by atoms with Crippen LogP contribution in [-0.2, 0) is 6.54 Å². The Morgan fingerprint density at radius 3 is 2.59 bits per heavy atom. The molecular weight excluding hydrogens is 423 g/mol. The van der Waals surface area contributed by atoms with E-state index < -0.39 is 0 Å². The Kier molecular flexibility index (Phi) is 9.09. The number of aromatic nitrogens is 1. The number of hydrogen-bond donors (Lipinski definition) is 0. The van der Waals surface area contributed by atoms with Crippen molar-refractivity contribution >= 4 is 29.2 Å². The molecule has 0 amide bonds. The van der Waals surface area contributed by atoms with Crippen LogP contribution in [0.3, 0.4) is 0 Å². The molecule has 0 N–H and O–H groups in total. The van der Waals surface area contributed by atoms with Gasteiger partial charge in [0.2, 0.25) is 0 Å². The first kappa shape index (κ1) is 20.0. The molecule has 0 aliphatic carbocycles. The van der Waals surface area contributed by atoms with Crippen molar-refractivity contribution in [3.63, 3.8) is 0 Å². The van der Waals surface area contributed by atoms with Gasteiger partial charge in [0, 0.05) is 25.6 Å². The molecule has 0 bridgehead atoms. The highest BCUT2D eigenvalue weighted by Crippen LogP contribution is 2.35. The van der Waals surface area contributed by atoms with Crippen LogP contribution in [0.5, 0.6) is 0 Å². The maximum Gasteiger partial charge on any atom is 0.264 e. The lowest BCUT2D eigenvalue weighted by molar-refractivity contribution is -0.700. The third-order valence-electron chi connectivity index (χ3n) is 3.80. The minimum atomic E-state index is 0. The molecule has 1 aliphatic rings. The van der Waals surface area contributed by atoms with E-state index in [1.54, 1.807) is 0 Å². The maximum absolute atomic E-state index is 2.47. The van der Waals surface area contributed by atoms with Crippen LogP contribution in [0, 0.1) is 6.92 Å². The maximum atomic E-state index is 2.47. The first-order valence-corrected chi connectivity index (χ1v) is 9.73. The monoisotopic (exact) mass is 450 g/mol. The van der Waals surface area contributed by atoms with Crippen molar-refractivity contribution in [2.24, 2.45) is 0 Å². The van der Waals surface area contributed by atoms with Gasteiger partial charge in [-0.05, 0) is 18.8 Å². The Morgan fingerprint density at radius 2 is 1.91 bits per heavy atom. The summed E-state index contributed by atoms with van der Waals surface area (Å²) in [7, 11) is 0. The molecule has 2 nitrogen and oxygen atoms in total. The Morgan fingerprint density at radius 1 is 1.18 bits per heavy atom. The van der Waals surface area contributed by atoms with Crippen LogP contribution in [0.2, 0.25) is 0 Å². The van der Waals surface area contributed by atoms with E-state index in [-0.39, 0.29) is 24.0 Å². The molecule has 5 heteroatoms. The Labute approximate surface area is 160 Å². The summed E-state index contributed by atoms with van der Waals surface area (Å²) in [6.07, 6.45) is 7.37. The quantitative estimate of drug-likeness (QED) is 0.465. The van der Waals surface area contributed by atoms with Crippen LogP contribution >= 0.6 is 23.1 Å². The molecule has 124 valence electrons. The molecule has 1 aromatic heterocycles. The topological polar surface area (TPSA) is 7.12 Å². The van der Waals surface area contributed by atoms with E-state index in [1.165, 1.54) is 47.1 Å². The molecule has 0 fully saturated rings. The fourth-order valence-corrected chi connectivity index (χ4v) is 4.42. The Bertz CT molecular complexity index is 535. The average Bonchev–Trinajstić information content (AvgIpc) is 2.99. The molecule has 0 spiro atoms. The summed E-state index contributed by atoms with van der Waals surface area (Å²) in [4.78, 5) is 2.47. The van der Waals surface area contributed by atoms with Gasteiger partial charge in [0.15, 0.2) is 5.69 Å². The summed E-state index contributed by atoms with van der Waals surface area (Å²) < 4.78 is 2.47. The van der Waals surface area contributed by atoms with E-state index in [0.29, 0.717) is 0 Å². The number of thiazole rings is 1. The average molecular weight is 450 g/mol. The summed E-state index contributed by atoms with van der Waals surface area (Å²) in [5.41, 5.74) is 2.76. The number of nitrogens with zero attached hydrogens (tertiary/aromatic N) is 2. The SMILES string of the molecule is CCCCN1C(C)=CS/C1=C\c1scc(C)[n+]1CCCC.[I-]. The van der Waals surface area contributed by atoms with E-state index in [1.807, 2.05) is 23.1 Å². The molecule has 1 aromatic rings. The number of thioether (sulfide) groups is 1. The van der Waals surface area contributed by atoms with Crippen molar-refractivity contribution < 1.29 is 28.5 Å². The van der Waals surface area contributed by atoms with Gasteiger partial charge in [-0.1, -0.05) is 49.8 Å². The van der Waals surface area contributed by atoms with E-state index in [0.717, 1.165) is 13.1 Å². The highest BCUT2D eigenvalue weighted by Gasteiger charge is 2.21. The third-order valence-corrected chi connectivity index (χ3v) is 5.88. The van der Waals surface area contributed by atoms with E-state index >= 15 is 0 Å². The van der Waals surface area contributed by atoms with E-state index in [4.69, 9.17) is 0 Å². The standard InChI is InChI=1S/C17H27N2S2.HI/c1-5-7-9-18-14(3)12-20-16(18)11-17-19(10-8-6-2)15(4)13-21-17;/h11-13H,5-10H2,1-4H3;1H/q+1;/p-1. The zero-order valence-electron chi connectivity index (χ0n) is 14.1. The lowest BCUT2D eigenvalue weighted by atomic mass is 10.3. The Balaban J connectivity index is 0.00000242. The summed E-state index contributed by atoms with van der Waals surface area (Å²) in [6.45, 7) is 11.2. The normalized spacial score (nSPS) is 16.1. The molecule has 0 saturated heterocycles. The van der Waals surface area contributed by atoms with Gasteiger partial charge in [-0.25, -0.2) is 0 Å². The van der Waals surface area contributed by atoms with Crippen molar-refractivity contribution in [1.82, 2.24) is 4.90 Å². The largest absolute Gasteiger partial charge is 1.00 e. The van der Waals surface area contributed by atoms with Crippen molar-refractivity contribution in [1.29, 1.82) is 0 Å². The second-order valence-electron chi connectivity index (χ2n) is 5.59. The predicted octanol–water partition coefficient (Wildman–Crippen LogP) is 2.16. The second kappa shape index (κ2) is 9.98. The van der Waals surface area contributed by atoms with Gasteiger partial charge in [0.05, 0.1) is 16.5 Å². The van der Waals surface area contributed by atoms with Crippen molar-refractivity contribution in [2.45, 2.75) is 59.9 Å². The van der Waals surface area contributed by atoms with Crippen LogP contribution < -0.4 is 28.5 Å². The predicted molar refractivity (Wildman–Crippen MR) is 95.1 cm³/mol. The molecule has 0 radical (unpaired) electrons. The molecule has 22 heavy (non-hydrogen) atoms. The number of allylic oxidation sites excluding steroid dienone is 1. The van der Waals surface area contributed by atoms with Crippen molar-refractivity contribution in [3.8, 4) is 0 Å². The number of aryl methyl sites for hydroxylation is 1. The van der Waals surface area contributed by atoms with Gasteiger partial charge in [-0.3, -0.25) is 0 Å². The minimum absolute atomic E-state index is 0. The molecule has 0 atom stereocenters. The van der Waals surface area contributed by atoms with Crippen molar-refractivity contribution in [3.05, 3.63) is 32.2 Å². The van der Waals surface area contributed by atoms with E-state index in [9.17, 15) is 0 Å². The van der Waals surface area contributed by atoms with Crippen LogP contribution in [0.15, 0.2) is 21.5 Å². The smallest absolute Gasteiger partial charge is 0.264 e. The molecular formula is C17H27IN2S2. The molecule has 0 saturated carbocycles. The zero-order valence-corrected chi connectivity index (χ0v) is 17.9. The van der Waals surface area contributed by atoms with Crippen LogP contribution in [0.25, 0.3) is 6.08 Å². The summed E-state index contributed by atoms with van der Waals surface area (Å²) in [5, 5.41) is 7.32. The van der Waals surface area contributed by atoms with Gasteiger partial charge in [-0.15, -0.1) is 0 Å². The zero-order chi connectivity index (χ0) is 15.2. The fourth-order valence-electron chi connectivity index (χ4n) is 2.43. The highest BCUT2D eigenvalue weighted by atomic mass is 127. The molecule has 2 heterocycles. The van der Waals surface area contributed by atoms with Gasteiger partial charge in [0.25, 0.3) is 5.01 Å². The third kappa shape index (κ3) is 4.99. The summed E-state index contributed by atoms with van der Waals surface area (Å²) in [6, 6.07) is 0. The van der Waals surface area contributed by atoms with Gasteiger partial charge in [-0.2, -0.15) is 4.57 Å². The van der Waals surface area contributed by atoms with Crippen LogP contribution in [-0.4, -0.2) is 11.4 Å². The molecule has 0 aromatic carbocycles. The molecule has 1 aliphatic heterocycles. The fraction of sp³-hybridized carbons (Fsp3) is 0.588. The highest BCUT2D eigenvalue weighted by molar-refractivity contribution is 8.06. The first-order chi connectivity index (χ1) is 10.2.